The topological polar surface area (TPSA) is 0 Å². The van der Waals surface area contributed by atoms with E-state index in [-0.39, 0.29) is 0 Å². The highest BCUT2D eigenvalue weighted by atomic mass is 32.1. The lowest BCUT2D eigenvalue weighted by Gasteiger charge is -2.16. The summed E-state index contributed by atoms with van der Waals surface area (Å²) in [5, 5.41) is 4.15. The fraction of sp³-hybridized carbons (Fsp3) is 0.333. The molecule has 0 spiro atoms. The molecule has 1 aromatic carbocycles. The second kappa shape index (κ2) is 5.70. The molecule has 1 aromatic heterocycles. The lowest BCUT2D eigenvalue weighted by molar-refractivity contribution is 0.832. The van der Waals surface area contributed by atoms with Crippen LogP contribution in [-0.4, -0.2) is 8.07 Å². The first-order valence-electron chi connectivity index (χ1n) is 7.19. The molecule has 0 fully saturated rings. The molecule has 0 amide bonds. The molecule has 0 atom stereocenters. The summed E-state index contributed by atoms with van der Waals surface area (Å²) in [5.74, 6) is 0.586. The Morgan fingerprint density at radius 3 is 2.50 bits per heavy atom. The Morgan fingerprint density at radius 2 is 1.90 bits per heavy atom. The summed E-state index contributed by atoms with van der Waals surface area (Å²) in [6.07, 6.45) is 6.59. The number of allylic oxidation sites excluding steroid dienone is 2. The molecule has 2 rings (SSSR count). The zero-order chi connectivity index (χ0) is 14.9. The first-order valence-corrected chi connectivity index (χ1v) is 11.5. The molecule has 0 unspecified atom stereocenters. The molecule has 0 nitrogen and oxygen atoms in total. The number of thiophene rings is 1. The molecule has 0 bridgehead atoms. The van der Waals surface area contributed by atoms with E-state index in [9.17, 15) is 0 Å². The van der Waals surface area contributed by atoms with Crippen LogP contribution in [0.3, 0.4) is 0 Å². The van der Waals surface area contributed by atoms with Gasteiger partial charge in [0.15, 0.2) is 0 Å². The minimum Gasteiger partial charge on any atom is -0.136 e. The zero-order valence-corrected chi connectivity index (χ0v) is 15.0. The fourth-order valence-corrected chi connectivity index (χ4v) is 4.48. The molecule has 20 heavy (non-hydrogen) atoms. The van der Waals surface area contributed by atoms with E-state index in [1.807, 2.05) is 11.3 Å². The van der Waals surface area contributed by atoms with Gasteiger partial charge in [0.05, 0.1) is 8.07 Å². The van der Waals surface area contributed by atoms with Gasteiger partial charge in [-0.3, -0.25) is 0 Å². The fourth-order valence-electron chi connectivity index (χ4n) is 2.19. The molecular formula is C18H24SSi. The summed E-state index contributed by atoms with van der Waals surface area (Å²) in [7, 11) is -1.24. The van der Waals surface area contributed by atoms with Crippen LogP contribution >= 0.6 is 11.3 Å². The summed E-state index contributed by atoms with van der Waals surface area (Å²) in [5.41, 5.74) is 0. The van der Waals surface area contributed by atoms with Crippen molar-refractivity contribution >= 4 is 47.3 Å². The highest BCUT2D eigenvalue weighted by molar-refractivity contribution is 7.17. The van der Waals surface area contributed by atoms with E-state index in [0.717, 1.165) is 0 Å². The third-order valence-electron chi connectivity index (χ3n) is 3.43. The monoisotopic (exact) mass is 300 g/mol. The molecule has 0 radical (unpaired) electrons. The van der Waals surface area contributed by atoms with Gasteiger partial charge in [0.2, 0.25) is 0 Å². The molecule has 0 aliphatic rings. The molecule has 0 saturated carbocycles. The minimum absolute atomic E-state index is 0.586. The first kappa shape index (κ1) is 15.3. The van der Waals surface area contributed by atoms with E-state index in [0.29, 0.717) is 5.92 Å². The van der Waals surface area contributed by atoms with Crippen molar-refractivity contribution in [1.82, 2.24) is 0 Å². The van der Waals surface area contributed by atoms with Gasteiger partial charge in [-0.05, 0) is 17.2 Å². The average molecular weight is 301 g/mol. The summed E-state index contributed by atoms with van der Waals surface area (Å²) in [6, 6.07) is 6.97. The van der Waals surface area contributed by atoms with E-state index in [2.05, 4.69) is 76.5 Å². The number of hydrogen-bond donors (Lipinski definition) is 0. The highest BCUT2D eigenvalue weighted by Crippen LogP contribution is 2.14. The van der Waals surface area contributed by atoms with Crippen LogP contribution in [0, 0.1) is 5.92 Å². The number of hydrogen-bond acceptors (Lipinski definition) is 1. The van der Waals surface area contributed by atoms with Gasteiger partial charge in [-0.25, -0.2) is 0 Å². The molecule has 106 valence electrons. The molecule has 2 heteroatoms. The van der Waals surface area contributed by atoms with Crippen molar-refractivity contribution in [1.29, 1.82) is 0 Å². The number of benzene rings is 1. The maximum atomic E-state index is 4.21. The van der Waals surface area contributed by atoms with Gasteiger partial charge in [-0.1, -0.05) is 75.6 Å². The Labute approximate surface area is 127 Å². The Morgan fingerprint density at radius 1 is 1.20 bits per heavy atom. The molecule has 0 saturated heterocycles. The van der Waals surface area contributed by atoms with Crippen LogP contribution in [0.15, 0.2) is 30.4 Å². The second-order valence-corrected chi connectivity index (χ2v) is 12.9. The van der Waals surface area contributed by atoms with Crippen molar-refractivity contribution in [2.24, 2.45) is 5.92 Å². The van der Waals surface area contributed by atoms with Crippen LogP contribution in [0.4, 0.5) is 0 Å². The normalized spacial score (nSPS) is 14.0. The van der Waals surface area contributed by atoms with Crippen LogP contribution in [-0.2, 0) is 0 Å². The van der Waals surface area contributed by atoms with E-state index >= 15 is 0 Å². The number of rotatable bonds is 3. The van der Waals surface area contributed by atoms with Gasteiger partial charge in [0.1, 0.15) is 0 Å². The van der Waals surface area contributed by atoms with Gasteiger partial charge >= 0.3 is 0 Å². The maximum Gasteiger partial charge on any atom is 0.0776 e. The van der Waals surface area contributed by atoms with Crippen LogP contribution in [0.2, 0.25) is 19.6 Å². The van der Waals surface area contributed by atoms with Gasteiger partial charge in [0, 0.05) is 14.6 Å². The summed E-state index contributed by atoms with van der Waals surface area (Å²) < 4.78 is 2.54. The van der Waals surface area contributed by atoms with Crippen LogP contribution < -0.4 is 14.9 Å². The lowest BCUT2D eigenvalue weighted by Crippen LogP contribution is -2.37. The number of fused-ring (bicyclic) bond motifs is 1. The standard InChI is InChI=1S/C18H24SSi/c1-13(2)8-7-9-16-14(3)19-18-12-15(20(4,5)6)10-11-17(16)18/h7-13H,3H2,1-2,4-6H3/b8-7-,16-9+. The third-order valence-corrected chi connectivity index (χ3v) is 6.50. The predicted molar refractivity (Wildman–Crippen MR) is 98.0 cm³/mol. The Bertz CT molecular complexity index is 742. The third kappa shape index (κ3) is 3.31. The molecule has 0 aliphatic heterocycles. The summed E-state index contributed by atoms with van der Waals surface area (Å²) in [6.45, 7) is 15.8. The van der Waals surface area contributed by atoms with Crippen LogP contribution in [0.1, 0.15) is 13.8 Å². The van der Waals surface area contributed by atoms with Gasteiger partial charge in [-0.15, -0.1) is 11.3 Å². The van der Waals surface area contributed by atoms with E-state index in [1.165, 1.54) is 25.0 Å². The smallest absolute Gasteiger partial charge is 0.0776 e. The second-order valence-electron chi connectivity index (χ2n) is 6.70. The van der Waals surface area contributed by atoms with Crippen molar-refractivity contribution in [2.45, 2.75) is 33.5 Å². The van der Waals surface area contributed by atoms with E-state index in [1.54, 1.807) is 0 Å². The largest absolute Gasteiger partial charge is 0.136 e. The minimum atomic E-state index is -1.24. The van der Waals surface area contributed by atoms with Crippen molar-refractivity contribution in [3.63, 3.8) is 0 Å². The molecule has 1 heterocycles. The van der Waals surface area contributed by atoms with Crippen molar-refractivity contribution in [2.75, 3.05) is 0 Å². The van der Waals surface area contributed by atoms with Crippen LogP contribution in [0.25, 0.3) is 22.7 Å². The SMILES string of the molecule is C=c1sc2cc([Si](C)(C)C)ccc2/c1=C/C=C\C(C)C. The summed E-state index contributed by atoms with van der Waals surface area (Å²) >= 11 is 1.81. The van der Waals surface area contributed by atoms with Crippen molar-refractivity contribution in [3.05, 3.63) is 40.1 Å². The van der Waals surface area contributed by atoms with E-state index in [4.69, 9.17) is 0 Å². The summed E-state index contributed by atoms with van der Waals surface area (Å²) in [4.78, 5) is 0. The van der Waals surface area contributed by atoms with Crippen LogP contribution in [0.5, 0.6) is 0 Å². The van der Waals surface area contributed by atoms with Gasteiger partial charge < -0.3 is 0 Å². The van der Waals surface area contributed by atoms with Crippen molar-refractivity contribution in [3.8, 4) is 0 Å². The van der Waals surface area contributed by atoms with Crippen molar-refractivity contribution < 1.29 is 0 Å². The van der Waals surface area contributed by atoms with Gasteiger partial charge in [0.25, 0.3) is 0 Å². The van der Waals surface area contributed by atoms with E-state index < -0.39 is 8.07 Å². The first-order chi connectivity index (χ1) is 9.29. The molecular weight excluding hydrogens is 276 g/mol. The Balaban J connectivity index is 2.59. The highest BCUT2D eigenvalue weighted by Gasteiger charge is 2.16. The maximum absolute atomic E-state index is 4.21. The lowest BCUT2D eigenvalue weighted by atomic mass is 10.2. The predicted octanol–water partition coefficient (Wildman–Crippen LogP) is 3.85. The Kier molecular flexibility index (Phi) is 4.36. The molecule has 0 aliphatic carbocycles. The molecule has 2 aromatic rings. The zero-order valence-electron chi connectivity index (χ0n) is 13.2. The Hall–Kier alpha value is -1.12. The average Bonchev–Trinajstić information content (AvgIpc) is 2.63. The van der Waals surface area contributed by atoms with Gasteiger partial charge in [-0.2, -0.15) is 0 Å². The molecule has 0 N–H and O–H groups in total. The quantitative estimate of drug-likeness (QED) is 0.755.